The van der Waals surface area contributed by atoms with Crippen molar-refractivity contribution < 1.29 is 14.7 Å². The molecule has 0 bridgehead atoms. The Kier molecular flexibility index (Phi) is 5.93. The molecule has 3 amide bonds. The van der Waals surface area contributed by atoms with E-state index in [4.69, 9.17) is 10.8 Å². The number of primary amides is 1. The molecule has 6 heteroatoms. The molecule has 0 aliphatic heterocycles. The van der Waals surface area contributed by atoms with Gasteiger partial charge in [0.1, 0.15) is 0 Å². The van der Waals surface area contributed by atoms with E-state index in [1.54, 1.807) is 0 Å². The second-order valence-electron chi connectivity index (χ2n) is 4.36. The van der Waals surface area contributed by atoms with Crippen LogP contribution in [0.2, 0.25) is 0 Å². The van der Waals surface area contributed by atoms with E-state index in [2.05, 4.69) is 10.2 Å². The second-order valence-corrected chi connectivity index (χ2v) is 4.36. The SMILES string of the molecule is NC(=O)NC(=O)CCN(CCCO)C1CCC1. The molecular weight excluding hydrogens is 222 g/mol. The van der Waals surface area contributed by atoms with Crippen molar-refractivity contribution >= 4 is 11.9 Å². The van der Waals surface area contributed by atoms with Gasteiger partial charge in [0.05, 0.1) is 0 Å². The lowest BCUT2D eigenvalue weighted by atomic mass is 9.91. The van der Waals surface area contributed by atoms with Crippen LogP contribution in [0.4, 0.5) is 4.79 Å². The van der Waals surface area contributed by atoms with Gasteiger partial charge in [-0.1, -0.05) is 6.42 Å². The maximum absolute atomic E-state index is 11.3. The first kappa shape index (κ1) is 13.9. The average Bonchev–Trinajstić information content (AvgIpc) is 2.18. The summed E-state index contributed by atoms with van der Waals surface area (Å²) in [7, 11) is 0. The lowest BCUT2D eigenvalue weighted by molar-refractivity contribution is -0.120. The molecule has 0 heterocycles. The van der Waals surface area contributed by atoms with Crippen molar-refractivity contribution in [2.45, 2.75) is 38.1 Å². The molecule has 0 atom stereocenters. The Hall–Kier alpha value is -1.14. The molecule has 0 aromatic carbocycles. The van der Waals surface area contributed by atoms with Gasteiger partial charge < -0.3 is 10.8 Å². The zero-order chi connectivity index (χ0) is 12.7. The summed E-state index contributed by atoms with van der Waals surface area (Å²) >= 11 is 0. The quantitative estimate of drug-likeness (QED) is 0.577. The molecule has 0 spiro atoms. The fourth-order valence-corrected chi connectivity index (χ4v) is 1.95. The van der Waals surface area contributed by atoms with Crippen molar-refractivity contribution in [2.24, 2.45) is 5.73 Å². The van der Waals surface area contributed by atoms with Crippen LogP contribution in [0.25, 0.3) is 0 Å². The van der Waals surface area contributed by atoms with Gasteiger partial charge in [0.2, 0.25) is 5.91 Å². The molecular formula is C11H21N3O3. The van der Waals surface area contributed by atoms with Crippen molar-refractivity contribution in [3.8, 4) is 0 Å². The molecule has 0 radical (unpaired) electrons. The van der Waals surface area contributed by atoms with Crippen molar-refractivity contribution in [3.63, 3.8) is 0 Å². The normalized spacial score (nSPS) is 15.6. The molecule has 0 unspecified atom stereocenters. The molecule has 0 aromatic heterocycles. The van der Waals surface area contributed by atoms with Gasteiger partial charge in [-0.25, -0.2) is 4.79 Å². The van der Waals surface area contributed by atoms with Crippen LogP contribution in [0.1, 0.15) is 32.1 Å². The number of rotatable bonds is 7. The highest BCUT2D eigenvalue weighted by molar-refractivity contribution is 5.93. The number of nitrogens with two attached hydrogens (primary N) is 1. The van der Waals surface area contributed by atoms with Crippen LogP contribution >= 0.6 is 0 Å². The van der Waals surface area contributed by atoms with Gasteiger partial charge >= 0.3 is 6.03 Å². The highest BCUT2D eigenvalue weighted by Gasteiger charge is 2.24. The summed E-state index contributed by atoms with van der Waals surface area (Å²) in [6.07, 6.45) is 4.53. The summed E-state index contributed by atoms with van der Waals surface area (Å²) in [5.41, 5.74) is 4.86. The van der Waals surface area contributed by atoms with Gasteiger partial charge in [-0.2, -0.15) is 0 Å². The topological polar surface area (TPSA) is 95.7 Å². The van der Waals surface area contributed by atoms with Crippen molar-refractivity contribution in [2.75, 3.05) is 19.7 Å². The summed E-state index contributed by atoms with van der Waals surface area (Å²) in [6.45, 7) is 1.57. The Balaban J connectivity index is 2.27. The molecule has 1 aliphatic rings. The lowest BCUT2D eigenvalue weighted by Gasteiger charge is -2.37. The maximum Gasteiger partial charge on any atom is 0.318 e. The molecule has 0 saturated heterocycles. The number of amides is 3. The number of hydrogen-bond acceptors (Lipinski definition) is 4. The van der Waals surface area contributed by atoms with Crippen molar-refractivity contribution in [1.29, 1.82) is 0 Å². The van der Waals surface area contributed by atoms with Gasteiger partial charge in [0.25, 0.3) is 0 Å². The third-order valence-electron chi connectivity index (χ3n) is 3.08. The first-order chi connectivity index (χ1) is 8.13. The molecule has 0 aromatic rings. The molecule has 6 nitrogen and oxygen atoms in total. The van der Waals surface area contributed by atoms with Crippen LogP contribution in [0.15, 0.2) is 0 Å². The Morgan fingerprint density at radius 2 is 2.06 bits per heavy atom. The van der Waals surface area contributed by atoms with E-state index < -0.39 is 6.03 Å². The van der Waals surface area contributed by atoms with E-state index in [-0.39, 0.29) is 18.9 Å². The zero-order valence-corrected chi connectivity index (χ0v) is 10.0. The Labute approximate surface area is 101 Å². The number of carbonyl (C=O) groups is 2. The Morgan fingerprint density at radius 1 is 1.35 bits per heavy atom. The van der Waals surface area contributed by atoms with Gasteiger partial charge in [-0.05, 0) is 19.3 Å². The zero-order valence-electron chi connectivity index (χ0n) is 10.0. The minimum absolute atomic E-state index is 0.163. The molecule has 1 aliphatic carbocycles. The van der Waals surface area contributed by atoms with E-state index in [0.717, 1.165) is 19.4 Å². The van der Waals surface area contributed by atoms with Gasteiger partial charge in [0.15, 0.2) is 0 Å². The Bertz CT molecular complexity index is 267. The molecule has 1 rings (SSSR count). The van der Waals surface area contributed by atoms with E-state index in [1.165, 1.54) is 6.42 Å². The standard InChI is InChI=1S/C11H21N3O3/c12-11(17)13-10(16)5-7-14(6-2-8-15)9-3-1-4-9/h9,15H,1-8H2,(H3,12,13,16,17). The predicted octanol–water partition coefficient (Wildman–Crippen LogP) is -0.192. The maximum atomic E-state index is 11.3. The largest absolute Gasteiger partial charge is 0.396 e. The van der Waals surface area contributed by atoms with Gasteiger partial charge in [0, 0.05) is 32.2 Å². The van der Waals surface area contributed by atoms with E-state index in [1.807, 2.05) is 0 Å². The van der Waals surface area contributed by atoms with Crippen LogP contribution in [0, 0.1) is 0 Å². The number of hydrogen-bond donors (Lipinski definition) is 3. The first-order valence-corrected chi connectivity index (χ1v) is 6.07. The fraction of sp³-hybridized carbons (Fsp3) is 0.818. The monoisotopic (exact) mass is 243 g/mol. The predicted molar refractivity (Wildman–Crippen MR) is 63.3 cm³/mol. The van der Waals surface area contributed by atoms with E-state index in [9.17, 15) is 9.59 Å². The molecule has 98 valence electrons. The van der Waals surface area contributed by atoms with Gasteiger partial charge in [-0.15, -0.1) is 0 Å². The molecule has 1 fully saturated rings. The molecule has 4 N–H and O–H groups in total. The first-order valence-electron chi connectivity index (χ1n) is 6.07. The summed E-state index contributed by atoms with van der Waals surface area (Å²) in [5.74, 6) is -0.342. The van der Waals surface area contributed by atoms with E-state index in [0.29, 0.717) is 19.0 Å². The number of aliphatic hydroxyl groups is 1. The number of nitrogens with one attached hydrogen (secondary N) is 1. The van der Waals surface area contributed by atoms with Crippen LogP contribution < -0.4 is 11.1 Å². The van der Waals surface area contributed by atoms with Crippen molar-refractivity contribution in [3.05, 3.63) is 0 Å². The average molecular weight is 243 g/mol. The summed E-state index contributed by atoms with van der Waals surface area (Å²) in [5, 5.41) is 10.9. The summed E-state index contributed by atoms with van der Waals surface area (Å²) in [4.78, 5) is 24.0. The summed E-state index contributed by atoms with van der Waals surface area (Å²) in [6, 6.07) is -0.275. The highest BCUT2D eigenvalue weighted by Crippen LogP contribution is 2.24. The van der Waals surface area contributed by atoms with Crippen molar-refractivity contribution in [1.82, 2.24) is 10.2 Å². The second kappa shape index (κ2) is 7.24. The number of urea groups is 1. The number of imide groups is 1. The van der Waals surface area contributed by atoms with Crippen LogP contribution in [-0.2, 0) is 4.79 Å². The molecule has 1 saturated carbocycles. The fourth-order valence-electron chi connectivity index (χ4n) is 1.95. The minimum Gasteiger partial charge on any atom is -0.396 e. The van der Waals surface area contributed by atoms with Crippen LogP contribution in [-0.4, -0.2) is 47.7 Å². The molecule has 17 heavy (non-hydrogen) atoms. The highest BCUT2D eigenvalue weighted by atomic mass is 16.3. The Morgan fingerprint density at radius 3 is 2.53 bits per heavy atom. The van der Waals surface area contributed by atoms with E-state index >= 15 is 0 Å². The minimum atomic E-state index is -0.805. The smallest absolute Gasteiger partial charge is 0.318 e. The third kappa shape index (κ3) is 5.14. The number of aliphatic hydroxyl groups excluding tert-OH is 1. The number of nitrogens with zero attached hydrogens (tertiary/aromatic N) is 1. The van der Waals surface area contributed by atoms with Gasteiger partial charge in [-0.3, -0.25) is 15.0 Å². The summed E-state index contributed by atoms with van der Waals surface area (Å²) < 4.78 is 0. The number of carbonyl (C=O) groups excluding carboxylic acids is 2. The van der Waals surface area contributed by atoms with Crippen LogP contribution in [0.5, 0.6) is 0 Å². The lowest BCUT2D eigenvalue weighted by Crippen LogP contribution is -2.43. The van der Waals surface area contributed by atoms with Crippen LogP contribution in [0.3, 0.4) is 0 Å². The third-order valence-corrected chi connectivity index (χ3v) is 3.08.